The van der Waals surface area contributed by atoms with E-state index in [2.05, 4.69) is 25.5 Å². The van der Waals surface area contributed by atoms with Crippen molar-refractivity contribution in [2.75, 3.05) is 11.9 Å². The van der Waals surface area contributed by atoms with Gasteiger partial charge in [0.1, 0.15) is 5.82 Å². The van der Waals surface area contributed by atoms with Gasteiger partial charge < -0.3 is 4.90 Å². The summed E-state index contributed by atoms with van der Waals surface area (Å²) < 4.78 is 1.56. The molecule has 7 heteroatoms. The van der Waals surface area contributed by atoms with Gasteiger partial charge in [0.2, 0.25) is 0 Å². The third kappa shape index (κ3) is 2.41. The number of nitrogens with zero attached hydrogens (tertiary/aromatic N) is 6. The molecular weight excluding hydrogens is 260 g/mol. The van der Waals surface area contributed by atoms with E-state index in [1.54, 1.807) is 16.0 Å². The molecule has 19 heavy (non-hydrogen) atoms. The molecule has 6 nitrogen and oxygen atoms in total. The second-order valence-corrected chi connectivity index (χ2v) is 5.47. The van der Waals surface area contributed by atoms with Crippen molar-refractivity contribution >= 4 is 22.8 Å². The van der Waals surface area contributed by atoms with Gasteiger partial charge in [0.25, 0.3) is 0 Å². The van der Waals surface area contributed by atoms with Crippen molar-refractivity contribution in [1.82, 2.24) is 24.8 Å². The number of thiazole rings is 1. The maximum atomic E-state index is 4.46. The minimum absolute atomic E-state index is 0.724. The Balaban J connectivity index is 1.86. The molecule has 0 N–H and O–H groups in total. The van der Waals surface area contributed by atoms with Crippen LogP contribution in [-0.4, -0.2) is 31.8 Å². The normalized spacial score (nSPS) is 11.1. The fourth-order valence-corrected chi connectivity index (χ4v) is 2.49. The molecule has 0 radical (unpaired) electrons. The highest BCUT2D eigenvalue weighted by Crippen LogP contribution is 2.15. The van der Waals surface area contributed by atoms with Crippen LogP contribution in [0.4, 0.5) is 5.82 Å². The van der Waals surface area contributed by atoms with E-state index in [1.807, 2.05) is 37.9 Å². The first-order chi connectivity index (χ1) is 9.11. The maximum Gasteiger partial charge on any atom is 0.176 e. The second-order valence-electron chi connectivity index (χ2n) is 4.41. The Morgan fingerprint density at radius 2 is 2.05 bits per heavy atom. The summed E-state index contributed by atoms with van der Waals surface area (Å²) in [6.07, 6.45) is 0. The summed E-state index contributed by atoms with van der Waals surface area (Å²) in [6, 6.07) is 3.87. The van der Waals surface area contributed by atoms with Gasteiger partial charge in [0, 0.05) is 12.4 Å². The molecule has 0 fully saturated rings. The first-order valence-electron chi connectivity index (χ1n) is 5.95. The van der Waals surface area contributed by atoms with Crippen molar-refractivity contribution in [3.05, 3.63) is 34.0 Å². The van der Waals surface area contributed by atoms with Crippen LogP contribution in [0.2, 0.25) is 0 Å². The van der Waals surface area contributed by atoms with Crippen LogP contribution in [0.1, 0.15) is 16.5 Å². The number of aromatic nitrogens is 5. The highest BCUT2D eigenvalue weighted by molar-refractivity contribution is 7.09. The molecule has 3 rings (SSSR count). The Kier molecular flexibility index (Phi) is 2.90. The third-order valence-electron chi connectivity index (χ3n) is 2.76. The van der Waals surface area contributed by atoms with Gasteiger partial charge in [-0.05, 0) is 26.0 Å². The van der Waals surface area contributed by atoms with Crippen LogP contribution < -0.4 is 4.90 Å². The van der Waals surface area contributed by atoms with Crippen LogP contribution in [-0.2, 0) is 6.54 Å². The van der Waals surface area contributed by atoms with Crippen molar-refractivity contribution in [2.24, 2.45) is 0 Å². The Morgan fingerprint density at radius 1 is 1.21 bits per heavy atom. The van der Waals surface area contributed by atoms with Crippen molar-refractivity contribution in [3.8, 4) is 0 Å². The van der Waals surface area contributed by atoms with Gasteiger partial charge in [0.15, 0.2) is 11.5 Å². The van der Waals surface area contributed by atoms with E-state index in [0.29, 0.717) is 0 Å². The summed E-state index contributed by atoms with van der Waals surface area (Å²) in [4.78, 5) is 10.8. The van der Waals surface area contributed by atoms with Crippen molar-refractivity contribution < 1.29 is 0 Å². The Labute approximate surface area is 114 Å². The fraction of sp³-hybridized carbons (Fsp3) is 0.333. The Morgan fingerprint density at radius 3 is 2.79 bits per heavy atom. The van der Waals surface area contributed by atoms with Gasteiger partial charge in [-0.2, -0.15) is 0 Å². The summed E-state index contributed by atoms with van der Waals surface area (Å²) in [5, 5.41) is 11.8. The summed E-state index contributed by atoms with van der Waals surface area (Å²) in [6.45, 7) is 4.60. The Bertz CT molecular complexity index is 716. The van der Waals surface area contributed by atoms with Gasteiger partial charge in [0.05, 0.1) is 17.2 Å². The zero-order valence-corrected chi connectivity index (χ0v) is 11.8. The number of anilines is 1. The number of hydrogen-bond donors (Lipinski definition) is 0. The molecule has 0 spiro atoms. The summed E-state index contributed by atoms with van der Waals surface area (Å²) >= 11 is 1.66. The summed E-state index contributed by atoms with van der Waals surface area (Å²) in [5.41, 5.74) is 1.82. The van der Waals surface area contributed by atoms with Gasteiger partial charge in [-0.3, -0.25) is 0 Å². The first-order valence-corrected chi connectivity index (χ1v) is 6.82. The van der Waals surface area contributed by atoms with Crippen molar-refractivity contribution in [2.45, 2.75) is 20.4 Å². The molecule has 0 aromatic carbocycles. The van der Waals surface area contributed by atoms with Gasteiger partial charge in [-0.15, -0.1) is 26.2 Å². The molecule has 0 aliphatic heterocycles. The minimum Gasteiger partial charge on any atom is -0.352 e. The van der Waals surface area contributed by atoms with Gasteiger partial charge in [-0.1, -0.05) is 0 Å². The molecule has 0 saturated carbocycles. The molecular formula is C12H14N6S. The molecule has 0 amide bonds. The van der Waals surface area contributed by atoms with E-state index < -0.39 is 0 Å². The Hall–Kier alpha value is -2.02. The zero-order valence-electron chi connectivity index (χ0n) is 11.0. The average Bonchev–Trinajstić information content (AvgIpc) is 2.93. The minimum atomic E-state index is 0.724. The highest BCUT2D eigenvalue weighted by atomic mass is 32.1. The monoisotopic (exact) mass is 274 g/mol. The number of hydrogen-bond acceptors (Lipinski definition) is 6. The van der Waals surface area contributed by atoms with E-state index in [-0.39, 0.29) is 0 Å². The molecule has 0 bridgehead atoms. The van der Waals surface area contributed by atoms with Crippen molar-refractivity contribution in [1.29, 1.82) is 0 Å². The highest BCUT2D eigenvalue weighted by Gasteiger charge is 2.08. The van der Waals surface area contributed by atoms with E-state index in [1.165, 1.54) is 0 Å². The van der Waals surface area contributed by atoms with Crippen LogP contribution in [0.15, 0.2) is 17.5 Å². The first kappa shape index (κ1) is 12.0. The lowest BCUT2D eigenvalue weighted by Gasteiger charge is -2.16. The topological polar surface area (TPSA) is 59.2 Å². The van der Waals surface area contributed by atoms with Gasteiger partial charge in [-0.25, -0.2) is 9.97 Å². The molecule has 3 heterocycles. The quantitative estimate of drug-likeness (QED) is 0.729. The number of fused-ring (bicyclic) bond motifs is 1. The molecule has 98 valence electrons. The zero-order chi connectivity index (χ0) is 13.4. The number of rotatable bonds is 3. The molecule has 0 saturated heterocycles. The average molecular weight is 274 g/mol. The van der Waals surface area contributed by atoms with E-state index in [4.69, 9.17) is 0 Å². The molecule has 3 aromatic heterocycles. The third-order valence-corrected chi connectivity index (χ3v) is 3.58. The molecule has 3 aromatic rings. The summed E-state index contributed by atoms with van der Waals surface area (Å²) in [7, 11) is 1.99. The fourth-order valence-electron chi connectivity index (χ4n) is 1.89. The SMILES string of the molecule is Cc1nc2ccc(N(C)Cc3csc(C)n3)nn2n1. The van der Waals surface area contributed by atoms with E-state index >= 15 is 0 Å². The van der Waals surface area contributed by atoms with Crippen LogP contribution >= 0.6 is 11.3 Å². The smallest absolute Gasteiger partial charge is 0.176 e. The molecule has 0 atom stereocenters. The van der Waals surface area contributed by atoms with Crippen molar-refractivity contribution in [3.63, 3.8) is 0 Å². The predicted octanol–water partition coefficient (Wildman–Crippen LogP) is 1.83. The lowest BCUT2D eigenvalue weighted by atomic mass is 10.4. The van der Waals surface area contributed by atoms with Crippen LogP contribution in [0.3, 0.4) is 0 Å². The number of aryl methyl sites for hydroxylation is 2. The van der Waals surface area contributed by atoms with Gasteiger partial charge >= 0.3 is 0 Å². The molecule has 0 aliphatic rings. The van der Waals surface area contributed by atoms with E-state index in [0.717, 1.165) is 34.5 Å². The lowest BCUT2D eigenvalue weighted by Crippen LogP contribution is -2.19. The lowest BCUT2D eigenvalue weighted by molar-refractivity contribution is 0.758. The maximum absolute atomic E-state index is 4.46. The van der Waals surface area contributed by atoms with Crippen LogP contribution in [0.25, 0.3) is 5.65 Å². The van der Waals surface area contributed by atoms with E-state index in [9.17, 15) is 0 Å². The largest absolute Gasteiger partial charge is 0.352 e. The predicted molar refractivity (Wildman–Crippen MR) is 74.5 cm³/mol. The standard InChI is InChI=1S/C12H14N6S/c1-8-13-11-4-5-12(16-18(11)15-8)17(3)6-10-7-19-9(2)14-10/h4-5,7H,6H2,1-3H3. The molecule has 0 unspecified atom stereocenters. The van der Waals surface area contributed by atoms with Crippen LogP contribution in [0.5, 0.6) is 0 Å². The second kappa shape index (κ2) is 4.58. The molecule has 0 aliphatic carbocycles. The van der Waals surface area contributed by atoms with Crippen LogP contribution in [0, 0.1) is 13.8 Å². The summed E-state index contributed by atoms with van der Waals surface area (Å²) in [5.74, 6) is 1.57.